The Hall–Kier alpha value is 4.31. The molecule has 0 atom stereocenters. The molecule has 0 aliphatic heterocycles. The first-order chi connectivity index (χ1) is 0. The standard InChI is InChI=1S/6GeH5.U/h6*1H5;/q6*-1;+6. The minimum absolute atomic E-state index is 0. The van der Waals surface area contributed by atoms with Crippen LogP contribution in [0.15, 0.2) is 0 Å². The quantitative estimate of drug-likeness (QED) is 0.220. The number of hydrogen-bond acceptors (Lipinski definition) is 0. The van der Waals surface area contributed by atoms with Crippen molar-refractivity contribution in [2.75, 3.05) is 0 Å². The molecule has 0 fully saturated rings. The Morgan fingerprint density at radius 3 is 0.286 bits per heavy atom. The molecule has 7 heavy (non-hydrogen) atoms. The molecule has 0 aliphatic rings. The second kappa shape index (κ2) is 48.1. The van der Waals surface area contributed by atoms with Gasteiger partial charge in [-0.3, -0.25) is 0 Å². The third kappa shape index (κ3) is 38.3. The van der Waals surface area contributed by atoms with Crippen LogP contribution in [0.5, 0.6) is 0 Å². The van der Waals surface area contributed by atoms with Crippen molar-refractivity contribution in [3.8, 4) is 0 Å². The largest absolute Gasteiger partial charge is 6.00 e. The minimum Gasteiger partial charge on any atom is 6.00 e. The third-order valence-electron chi connectivity index (χ3n) is 0. The SMILES string of the molecule is [GeH5-].[GeH5-].[GeH5-].[GeH5-].[GeH5-].[GeH5-].[U+6]. The van der Waals surface area contributed by atoms with E-state index in [-0.39, 0.29) is 137 Å². The van der Waals surface area contributed by atoms with Gasteiger partial charge in [-0.25, -0.2) is 0 Å². The molecule has 0 unspecified atom stereocenters. The van der Waals surface area contributed by atoms with Crippen molar-refractivity contribution in [1.82, 2.24) is 0 Å². The molecule has 0 aromatic heterocycles. The number of rotatable bonds is 0. The first-order valence-electron chi connectivity index (χ1n) is 0. The summed E-state index contributed by atoms with van der Waals surface area (Å²) in [4.78, 5) is 0. The average molecular weight is 704 g/mol. The molecule has 0 amide bonds. The Kier molecular flexibility index (Phi) is 445. The molecule has 58 valence electrons. The van der Waals surface area contributed by atoms with Crippen LogP contribution in [0.3, 0.4) is 0 Å². The summed E-state index contributed by atoms with van der Waals surface area (Å²) in [6.45, 7) is 0. The maximum Gasteiger partial charge on any atom is 6.00 e. The van der Waals surface area contributed by atoms with Gasteiger partial charge < -0.3 is 0 Å². The van der Waals surface area contributed by atoms with E-state index in [4.69, 9.17) is 0 Å². The summed E-state index contributed by atoms with van der Waals surface area (Å²) >= 11 is 0. The average Bonchev–Trinajstić information content (AvgIpc) is 0. The van der Waals surface area contributed by atoms with Gasteiger partial charge in [0, 0.05) is 0 Å². The maximum absolute atomic E-state index is 0. The molecule has 0 bridgehead atoms. The second-order valence-corrected chi connectivity index (χ2v) is 0. The summed E-state index contributed by atoms with van der Waals surface area (Å²) in [6, 6.07) is 0. The molecule has 0 saturated heterocycles. The van der Waals surface area contributed by atoms with Crippen molar-refractivity contribution >= 4 is 106 Å². The molecule has 0 radical (unpaired) electrons. The van der Waals surface area contributed by atoms with Crippen LogP contribution in [0.4, 0.5) is 0 Å². The van der Waals surface area contributed by atoms with Gasteiger partial charge in [-0.2, -0.15) is 0 Å². The van der Waals surface area contributed by atoms with Crippen LogP contribution in [0.1, 0.15) is 0 Å². The van der Waals surface area contributed by atoms with Gasteiger partial charge in [0.15, 0.2) is 0 Å². The predicted octanol–water partition coefficient (Wildman–Crippen LogP) is -10.3. The summed E-state index contributed by atoms with van der Waals surface area (Å²) in [7, 11) is 0. The molecule has 0 N–H and O–H groups in total. The fraction of sp³-hybridized carbons (Fsp3) is 0. The fourth-order valence-corrected chi connectivity index (χ4v) is 0. The summed E-state index contributed by atoms with van der Waals surface area (Å²) in [5.74, 6) is 0. The van der Waals surface area contributed by atoms with Gasteiger partial charge in [0.25, 0.3) is 0 Å². The first kappa shape index (κ1) is 64.7. The second-order valence-electron chi connectivity index (χ2n) is 0. The minimum atomic E-state index is 0. The first-order valence-corrected chi connectivity index (χ1v) is 0. The van der Waals surface area contributed by atoms with Gasteiger partial charge in [-0.15, -0.1) is 0 Å². The van der Waals surface area contributed by atoms with Crippen LogP contribution in [0, 0.1) is 31.1 Å². The van der Waals surface area contributed by atoms with Gasteiger partial charge in [0.1, 0.15) is 0 Å². The van der Waals surface area contributed by atoms with E-state index in [0.29, 0.717) is 0 Å². The Morgan fingerprint density at radius 1 is 0.286 bits per heavy atom. The Labute approximate surface area is 134 Å². The van der Waals surface area contributed by atoms with E-state index < -0.39 is 0 Å². The van der Waals surface area contributed by atoms with Gasteiger partial charge >= 0.3 is 137 Å². The third-order valence-corrected chi connectivity index (χ3v) is 0. The van der Waals surface area contributed by atoms with E-state index >= 15 is 0 Å². The molecule has 0 aromatic carbocycles. The van der Waals surface area contributed by atoms with E-state index in [9.17, 15) is 0 Å². The Morgan fingerprint density at radius 2 is 0.286 bits per heavy atom. The summed E-state index contributed by atoms with van der Waals surface area (Å²) in [5, 5.41) is 0. The van der Waals surface area contributed by atoms with Crippen molar-refractivity contribution < 1.29 is 31.1 Å². The van der Waals surface area contributed by atoms with E-state index in [1.165, 1.54) is 0 Å². The van der Waals surface area contributed by atoms with Crippen molar-refractivity contribution in [3.63, 3.8) is 0 Å². The van der Waals surface area contributed by atoms with E-state index in [0.717, 1.165) is 0 Å². The van der Waals surface area contributed by atoms with Gasteiger partial charge in [-0.05, 0) is 0 Å². The molecule has 7 heteroatoms. The summed E-state index contributed by atoms with van der Waals surface area (Å²) in [5.41, 5.74) is 0. The monoisotopic (exact) mass is 712 g/mol. The number of hydrogen-bond donors (Lipinski definition) is 0. The van der Waals surface area contributed by atoms with Crippen LogP contribution >= 0.6 is 0 Å². The Balaban J connectivity index is 0. The summed E-state index contributed by atoms with van der Waals surface area (Å²) in [6.07, 6.45) is 0. The topological polar surface area (TPSA) is 0 Å². The molecule has 0 nitrogen and oxygen atoms in total. The van der Waals surface area contributed by atoms with Crippen LogP contribution < -0.4 is 0 Å². The normalized spacial score (nSPS) is 0. The smallest absolute Gasteiger partial charge is 6.00 e. The van der Waals surface area contributed by atoms with Gasteiger partial charge in [-0.1, -0.05) is 0 Å². The fourth-order valence-electron chi connectivity index (χ4n) is 0. The van der Waals surface area contributed by atoms with Crippen LogP contribution in [0.25, 0.3) is 0 Å². The van der Waals surface area contributed by atoms with Crippen molar-refractivity contribution in [2.45, 2.75) is 0 Å². The van der Waals surface area contributed by atoms with Crippen LogP contribution in [0.2, 0.25) is 0 Å². The molecular weight excluding hydrogens is 674 g/mol. The van der Waals surface area contributed by atoms with Gasteiger partial charge in [0.2, 0.25) is 0 Å². The van der Waals surface area contributed by atoms with Crippen molar-refractivity contribution in [1.29, 1.82) is 0 Å². The van der Waals surface area contributed by atoms with E-state index in [2.05, 4.69) is 0 Å². The zero-order valence-corrected chi connectivity index (χ0v) is 4.66. The molecule has 0 rings (SSSR count). The van der Waals surface area contributed by atoms with Gasteiger partial charge in [0.05, 0.1) is 0 Å². The molecule has 0 spiro atoms. The van der Waals surface area contributed by atoms with Crippen molar-refractivity contribution in [3.05, 3.63) is 0 Å². The zero-order chi connectivity index (χ0) is 0. The summed E-state index contributed by atoms with van der Waals surface area (Å²) < 4.78 is 0. The molecular formula is H30Ge6U. The molecule has 0 heterocycles. The van der Waals surface area contributed by atoms with E-state index in [1.54, 1.807) is 0 Å². The van der Waals surface area contributed by atoms with Crippen LogP contribution in [-0.2, 0) is 0 Å². The van der Waals surface area contributed by atoms with Crippen LogP contribution in [-0.4, -0.2) is 106 Å². The molecule has 0 aliphatic carbocycles. The molecule has 0 saturated carbocycles. The van der Waals surface area contributed by atoms with Crippen molar-refractivity contribution in [2.24, 2.45) is 0 Å². The maximum atomic E-state index is 0. The zero-order valence-electron chi connectivity index (χ0n) is 0.500. The molecule has 0 aromatic rings. The Bertz CT molecular complexity index is 4.14. The van der Waals surface area contributed by atoms with E-state index in [1.807, 2.05) is 0 Å². The predicted molar refractivity (Wildman–Crippen MR) is 76.4 cm³/mol.